The smallest absolute Gasteiger partial charge is 0.292 e. The zero-order chi connectivity index (χ0) is 13.1. The summed E-state index contributed by atoms with van der Waals surface area (Å²) in [5, 5.41) is 20.1. The molecule has 1 aliphatic rings. The molecule has 98 valence electrons. The third-order valence-electron chi connectivity index (χ3n) is 3.25. The van der Waals surface area contributed by atoms with Crippen LogP contribution in [-0.4, -0.2) is 29.7 Å². The number of aliphatic hydroxyl groups excluding tert-OH is 1. The molecular formula is C12H15FN2O3. The van der Waals surface area contributed by atoms with Crippen molar-refractivity contribution in [2.45, 2.75) is 12.8 Å². The number of rotatable bonds is 3. The van der Waals surface area contributed by atoms with Crippen LogP contribution >= 0.6 is 0 Å². The van der Waals surface area contributed by atoms with Crippen LogP contribution in [0, 0.1) is 21.8 Å². The van der Waals surface area contributed by atoms with Gasteiger partial charge in [-0.1, -0.05) is 0 Å². The molecule has 1 N–H and O–H groups in total. The summed E-state index contributed by atoms with van der Waals surface area (Å²) in [6.45, 7) is 1.24. The summed E-state index contributed by atoms with van der Waals surface area (Å²) in [5.74, 6) is -0.386. The third kappa shape index (κ3) is 2.59. The van der Waals surface area contributed by atoms with E-state index in [2.05, 4.69) is 0 Å². The molecule has 5 nitrogen and oxygen atoms in total. The average Bonchev–Trinajstić information content (AvgIpc) is 2.38. The highest BCUT2D eigenvalue weighted by Crippen LogP contribution is 2.32. The fourth-order valence-corrected chi connectivity index (χ4v) is 2.34. The van der Waals surface area contributed by atoms with Crippen molar-refractivity contribution in [2.24, 2.45) is 5.92 Å². The van der Waals surface area contributed by atoms with Gasteiger partial charge in [-0.25, -0.2) is 4.39 Å². The summed E-state index contributed by atoms with van der Waals surface area (Å²) >= 11 is 0. The van der Waals surface area contributed by atoms with Gasteiger partial charge in [0.05, 0.1) is 4.92 Å². The van der Waals surface area contributed by atoms with Crippen molar-refractivity contribution in [3.63, 3.8) is 0 Å². The lowest BCUT2D eigenvalue weighted by Gasteiger charge is -2.33. The standard InChI is InChI=1S/C12H15FN2O3/c13-10-3-4-11(15(17)18)12(6-10)14-5-1-2-9(7-14)8-16/h3-4,6,9,16H,1-2,5,7-8H2. The molecule has 1 aliphatic heterocycles. The number of aliphatic hydroxyl groups is 1. The number of nitro benzene ring substituents is 1. The molecule has 1 saturated heterocycles. The van der Waals surface area contributed by atoms with Crippen LogP contribution in [0.1, 0.15) is 12.8 Å². The number of piperidine rings is 1. The summed E-state index contributed by atoms with van der Waals surface area (Å²) < 4.78 is 13.2. The number of anilines is 1. The first-order valence-electron chi connectivity index (χ1n) is 5.91. The Morgan fingerprint density at radius 3 is 3.00 bits per heavy atom. The average molecular weight is 254 g/mol. The lowest BCUT2D eigenvalue weighted by Crippen LogP contribution is -2.37. The van der Waals surface area contributed by atoms with Crippen molar-refractivity contribution in [3.05, 3.63) is 34.1 Å². The second-order valence-electron chi connectivity index (χ2n) is 4.53. The fourth-order valence-electron chi connectivity index (χ4n) is 2.34. The van der Waals surface area contributed by atoms with Gasteiger partial charge in [0.15, 0.2) is 0 Å². The minimum Gasteiger partial charge on any atom is -0.396 e. The molecule has 0 aromatic heterocycles. The van der Waals surface area contributed by atoms with E-state index in [1.807, 2.05) is 0 Å². The Hall–Kier alpha value is -1.69. The van der Waals surface area contributed by atoms with Gasteiger partial charge in [0, 0.05) is 31.8 Å². The first-order valence-corrected chi connectivity index (χ1v) is 5.91. The second-order valence-corrected chi connectivity index (χ2v) is 4.53. The molecule has 0 radical (unpaired) electrons. The largest absolute Gasteiger partial charge is 0.396 e. The van der Waals surface area contributed by atoms with Crippen LogP contribution in [0.25, 0.3) is 0 Å². The zero-order valence-electron chi connectivity index (χ0n) is 9.88. The molecular weight excluding hydrogens is 239 g/mol. The van der Waals surface area contributed by atoms with Gasteiger partial charge in [-0.15, -0.1) is 0 Å². The third-order valence-corrected chi connectivity index (χ3v) is 3.25. The first kappa shape index (κ1) is 12.8. The van der Waals surface area contributed by atoms with Gasteiger partial charge in [-0.2, -0.15) is 0 Å². The Bertz CT molecular complexity index is 453. The Balaban J connectivity index is 2.31. The Morgan fingerprint density at radius 2 is 2.33 bits per heavy atom. The summed E-state index contributed by atoms with van der Waals surface area (Å²) in [6, 6.07) is 3.47. The van der Waals surface area contributed by atoms with Crippen LogP contribution in [0.2, 0.25) is 0 Å². The number of benzene rings is 1. The van der Waals surface area contributed by atoms with Crippen LogP contribution in [0.4, 0.5) is 15.8 Å². The predicted octanol–water partition coefficient (Wildman–Crippen LogP) is 1.94. The highest BCUT2D eigenvalue weighted by atomic mass is 19.1. The van der Waals surface area contributed by atoms with Gasteiger partial charge < -0.3 is 10.0 Å². The SMILES string of the molecule is O=[N+]([O-])c1ccc(F)cc1N1CCCC(CO)C1. The van der Waals surface area contributed by atoms with Crippen molar-refractivity contribution in [1.82, 2.24) is 0 Å². The number of halogens is 1. The Morgan fingerprint density at radius 1 is 1.56 bits per heavy atom. The van der Waals surface area contributed by atoms with Gasteiger partial charge in [-0.05, 0) is 24.8 Å². The van der Waals surface area contributed by atoms with E-state index in [1.165, 1.54) is 12.1 Å². The molecule has 0 amide bonds. The highest BCUT2D eigenvalue weighted by Gasteiger charge is 2.25. The minimum absolute atomic E-state index is 0.0552. The van der Waals surface area contributed by atoms with E-state index in [0.29, 0.717) is 18.8 Å². The molecule has 6 heteroatoms. The van der Waals surface area contributed by atoms with Gasteiger partial charge in [0.25, 0.3) is 5.69 Å². The molecule has 0 saturated carbocycles. The van der Waals surface area contributed by atoms with Crippen molar-refractivity contribution in [2.75, 3.05) is 24.6 Å². The fraction of sp³-hybridized carbons (Fsp3) is 0.500. The molecule has 1 fully saturated rings. The molecule has 0 bridgehead atoms. The summed E-state index contributed by atoms with van der Waals surface area (Å²) in [4.78, 5) is 12.2. The van der Waals surface area contributed by atoms with E-state index in [4.69, 9.17) is 5.11 Å². The molecule has 0 spiro atoms. The molecule has 1 unspecified atom stereocenters. The maximum Gasteiger partial charge on any atom is 0.292 e. The molecule has 2 rings (SSSR count). The Labute approximate surface area is 104 Å². The zero-order valence-corrected chi connectivity index (χ0v) is 9.88. The number of nitrogens with zero attached hydrogens (tertiary/aromatic N) is 2. The molecule has 1 atom stereocenters. The van der Waals surface area contributed by atoms with E-state index in [-0.39, 0.29) is 18.2 Å². The number of hydrogen-bond acceptors (Lipinski definition) is 4. The van der Waals surface area contributed by atoms with E-state index >= 15 is 0 Å². The number of hydrogen-bond donors (Lipinski definition) is 1. The van der Waals surface area contributed by atoms with Crippen molar-refractivity contribution >= 4 is 11.4 Å². The normalized spacial score (nSPS) is 19.9. The summed E-state index contributed by atoms with van der Waals surface area (Å²) in [5.41, 5.74) is 0.216. The van der Waals surface area contributed by atoms with Crippen molar-refractivity contribution < 1.29 is 14.4 Å². The van der Waals surface area contributed by atoms with Crippen LogP contribution in [0.3, 0.4) is 0 Å². The van der Waals surface area contributed by atoms with Crippen LogP contribution < -0.4 is 4.90 Å². The van der Waals surface area contributed by atoms with Crippen LogP contribution in [0.5, 0.6) is 0 Å². The summed E-state index contributed by atoms with van der Waals surface area (Å²) in [7, 11) is 0. The first-order chi connectivity index (χ1) is 8.61. The monoisotopic (exact) mass is 254 g/mol. The molecule has 0 aliphatic carbocycles. The Kier molecular flexibility index (Phi) is 3.76. The van der Waals surface area contributed by atoms with Gasteiger partial charge >= 0.3 is 0 Å². The number of nitro groups is 1. The molecule has 1 heterocycles. The molecule has 1 aromatic carbocycles. The predicted molar refractivity (Wildman–Crippen MR) is 65.1 cm³/mol. The second kappa shape index (κ2) is 5.30. The van der Waals surface area contributed by atoms with Crippen molar-refractivity contribution in [1.29, 1.82) is 0 Å². The van der Waals surface area contributed by atoms with E-state index in [0.717, 1.165) is 18.9 Å². The van der Waals surface area contributed by atoms with Crippen LogP contribution in [0.15, 0.2) is 18.2 Å². The maximum atomic E-state index is 13.2. The lowest BCUT2D eigenvalue weighted by molar-refractivity contribution is -0.384. The van der Waals surface area contributed by atoms with E-state index in [1.54, 1.807) is 4.90 Å². The van der Waals surface area contributed by atoms with E-state index < -0.39 is 10.7 Å². The maximum absolute atomic E-state index is 13.2. The van der Waals surface area contributed by atoms with E-state index in [9.17, 15) is 14.5 Å². The lowest BCUT2D eigenvalue weighted by atomic mass is 9.98. The summed E-state index contributed by atoms with van der Waals surface area (Å²) in [6.07, 6.45) is 1.75. The highest BCUT2D eigenvalue weighted by molar-refractivity contribution is 5.63. The topological polar surface area (TPSA) is 66.6 Å². The van der Waals surface area contributed by atoms with Gasteiger partial charge in [0.1, 0.15) is 11.5 Å². The quantitative estimate of drug-likeness (QED) is 0.661. The molecule has 18 heavy (non-hydrogen) atoms. The minimum atomic E-state index is -0.503. The molecule has 1 aromatic rings. The van der Waals surface area contributed by atoms with Crippen molar-refractivity contribution in [3.8, 4) is 0 Å². The van der Waals surface area contributed by atoms with Gasteiger partial charge in [0.2, 0.25) is 0 Å². The van der Waals surface area contributed by atoms with Gasteiger partial charge in [-0.3, -0.25) is 10.1 Å². The van der Waals surface area contributed by atoms with Crippen LogP contribution in [-0.2, 0) is 0 Å².